The molecule has 1 aromatic heterocycles. The predicted molar refractivity (Wildman–Crippen MR) is 89.8 cm³/mol. The van der Waals surface area contributed by atoms with Gasteiger partial charge in [-0.05, 0) is 36.8 Å². The Hall–Kier alpha value is -0.820. The molecule has 0 bridgehead atoms. The number of aryl methyl sites for hydroxylation is 2. The molecule has 6 heteroatoms. The van der Waals surface area contributed by atoms with E-state index in [-0.39, 0.29) is 0 Å². The molecule has 0 atom stereocenters. The van der Waals surface area contributed by atoms with Crippen molar-refractivity contribution in [1.29, 1.82) is 0 Å². The van der Waals surface area contributed by atoms with Gasteiger partial charge < -0.3 is 10.1 Å². The van der Waals surface area contributed by atoms with Crippen LogP contribution in [0.5, 0.6) is 0 Å². The van der Waals surface area contributed by atoms with Crippen molar-refractivity contribution in [2.75, 3.05) is 20.3 Å². The Kier molecular flexibility index (Phi) is 6.29. The summed E-state index contributed by atoms with van der Waals surface area (Å²) in [4.78, 5) is 1.24. The summed E-state index contributed by atoms with van der Waals surface area (Å²) >= 11 is 5.29. The Labute approximate surface area is 138 Å². The summed E-state index contributed by atoms with van der Waals surface area (Å²) < 4.78 is 8.07. The van der Waals surface area contributed by atoms with Crippen LogP contribution in [-0.2, 0) is 18.3 Å². The Bertz CT molecular complexity index is 601. The fraction of sp³-hybridized carbons (Fsp3) is 0.400. The molecule has 4 nitrogen and oxygen atoms in total. The van der Waals surface area contributed by atoms with Gasteiger partial charge in [-0.2, -0.15) is 5.10 Å². The molecule has 1 aromatic carbocycles. The molecule has 1 N–H and O–H groups in total. The van der Waals surface area contributed by atoms with E-state index in [2.05, 4.69) is 50.6 Å². The molecule has 0 amide bonds. The summed E-state index contributed by atoms with van der Waals surface area (Å²) in [6.45, 7) is 4.40. The van der Waals surface area contributed by atoms with E-state index in [0.29, 0.717) is 0 Å². The van der Waals surface area contributed by atoms with Crippen LogP contribution in [0.15, 0.2) is 38.7 Å². The highest BCUT2D eigenvalue weighted by molar-refractivity contribution is 9.10. The fourth-order valence-electron chi connectivity index (χ4n) is 1.98. The maximum absolute atomic E-state index is 5.06. The summed E-state index contributed by atoms with van der Waals surface area (Å²) in [7, 11) is 3.69. The number of nitrogens with one attached hydrogen (secondary N) is 1. The van der Waals surface area contributed by atoms with Gasteiger partial charge in [0.15, 0.2) is 0 Å². The van der Waals surface area contributed by atoms with Crippen molar-refractivity contribution in [2.24, 2.45) is 7.05 Å². The number of nitrogens with zero attached hydrogens (tertiary/aromatic N) is 2. The molecular weight excluding hydrogens is 350 g/mol. The van der Waals surface area contributed by atoms with E-state index < -0.39 is 0 Å². The lowest BCUT2D eigenvalue weighted by Gasteiger charge is -2.11. The molecule has 114 valence electrons. The Morgan fingerprint density at radius 1 is 1.38 bits per heavy atom. The zero-order chi connectivity index (χ0) is 15.2. The van der Waals surface area contributed by atoms with Crippen LogP contribution in [0.2, 0.25) is 0 Å². The molecule has 0 spiro atoms. The molecule has 0 radical (unpaired) electrons. The van der Waals surface area contributed by atoms with Crippen molar-refractivity contribution < 1.29 is 4.74 Å². The summed E-state index contributed by atoms with van der Waals surface area (Å²) in [6, 6.07) is 8.48. The van der Waals surface area contributed by atoms with Gasteiger partial charge in [0.25, 0.3) is 0 Å². The van der Waals surface area contributed by atoms with Gasteiger partial charge in [0.05, 0.1) is 17.3 Å². The number of hydrogen-bond donors (Lipinski definition) is 1. The van der Waals surface area contributed by atoms with Crippen LogP contribution in [0.1, 0.15) is 11.3 Å². The second kappa shape index (κ2) is 7.98. The normalized spacial score (nSPS) is 11.0. The standard InChI is InChI=1S/C15H20BrN3OS/c1-11-8-15(19(2)18-11)21-14-5-4-13(16)9-12(14)10-17-6-7-20-3/h4-5,8-9,17H,6-7,10H2,1-3H3. The first-order valence-electron chi connectivity index (χ1n) is 6.76. The van der Waals surface area contributed by atoms with Crippen LogP contribution in [0.3, 0.4) is 0 Å². The van der Waals surface area contributed by atoms with Crippen LogP contribution < -0.4 is 5.32 Å². The first-order chi connectivity index (χ1) is 10.1. The molecule has 0 aliphatic rings. The van der Waals surface area contributed by atoms with Gasteiger partial charge in [0, 0.05) is 36.6 Å². The third-order valence-electron chi connectivity index (χ3n) is 2.99. The lowest BCUT2D eigenvalue weighted by molar-refractivity contribution is 0.199. The quantitative estimate of drug-likeness (QED) is 0.759. The maximum Gasteiger partial charge on any atom is 0.0987 e. The topological polar surface area (TPSA) is 39.1 Å². The van der Waals surface area contributed by atoms with Crippen molar-refractivity contribution in [3.05, 3.63) is 40.0 Å². The van der Waals surface area contributed by atoms with Crippen molar-refractivity contribution in [3.63, 3.8) is 0 Å². The predicted octanol–water partition coefficient (Wildman–Crippen LogP) is 3.38. The van der Waals surface area contributed by atoms with Gasteiger partial charge >= 0.3 is 0 Å². The summed E-state index contributed by atoms with van der Waals surface area (Å²) in [6.07, 6.45) is 0. The molecule has 2 aromatic rings. The van der Waals surface area contributed by atoms with Gasteiger partial charge in [0.2, 0.25) is 0 Å². The number of benzene rings is 1. The van der Waals surface area contributed by atoms with E-state index in [4.69, 9.17) is 4.74 Å². The van der Waals surface area contributed by atoms with E-state index >= 15 is 0 Å². The van der Waals surface area contributed by atoms with Gasteiger partial charge in [-0.1, -0.05) is 27.7 Å². The average molecular weight is 370 g/mol. The lowest BCUT2D eigenvalue weighted by atomic mass is 10.2. The second-order valence-electron chi connectivity index (χ2n) is 4.77. The van der Waals surface area contributed by atoms with Crippen LogP contribution in [-0.4, -0.2) is 30.0 Å². The smallest absolute Gasteiger partial charge is 0.0987 e. The molecular formula is C15H20BrN3OS. The molecule has 0 fully saturated rings. The zero-order valence-corrected chi connectivity index (χ0v) is 14.9. The molecule has 0 saturated carbocycles. The molecule has 0 unspecified atom stereocenters. The third kappa shape index (κ3) is 4.85. The Morgan fingerprint density at radius 3 is 2.86 bits per heavy atom. The van der Waals surface area contributed by atoms with Crippen molar-refractivity contribution in [3.8, 4) is 0 Å². The molecule has 2 rings (SSSR count). The fourth-order valence-corrected chi connectivity index (χ4v) is 3.41. The van der Waals surface area contributed by atoms with Crippen LogP contribution in [0.4, 0.5) is 0 Å². The number of aromatic nitrogens is 2. The van der Waals surface area contributed by atoms with Gasteiger partial charge in [0.1, 0.15) is 0 Å². The zero-order valence-electron chi connectivity index (χ0n) is 12.5. The van der Waals surface area contributed by atoms with E-state index in [0.717, 1.165) is 34.9 Å². The molecule has 0 saturated heterocycles. The first-order valence-corrected chi connectivity index (χ1v) is 8.37. The van der Waals surface area contributed by atoms with Crippen molar-refractivity contribution in [2.45, 2.75) is 23.4 Å². The molecule has 1 heterocycles. The summed E-state index contributed by atoms with van der Waals surface area (Å²) in [5.74, 6) is 0. The van der Waals surface area contributed by atoms with Crippen LogP contribution >= 0.6 is 27.7 Å². The van der Waals surface area contributed by atoms with Crippen LogP contribution in [0.25, 0.3) is 0 Å². The number of rotatable bonds is 7. The monoisotopic (exact) mass is 369 g/mol. The van der Waals surface area contributed by atoms with Gasteiger partial charge in [-0.25, -0.2) is 0 Å². The van der Waals surface area contributed by atoms with E-state index in [1.165, 1.54) is 10.5 Å². The number of halogens is 1. The second-order valence-corrected chi connectivity index (χ2v) is 6.75. The molecule has 0 aliphatic carbocycles. The van der Waals surface area contributed by atoms with Gasteiger partial charge in [-0.3, -0.25) is 4.68 Å². The minimum atomic E-state index is 0.720. The number of methoxy groups -OCH3 is 1. The van der Waals surface area contributed by atoms with Crippen LogP contribution in [0, 0.1) is 6.92 Å². The SMILES string of the molecule is COCCNCc1cc(Br)ccc1Sc1cc(C)nn1C. The van der Waals surface area contributed by atoms with E-state index in [1.54, 1.807) is 18.9 Å². The maximum atomic E-state index is 5.06. The third-order valence-corrected chi connectivity index (χ3v) is 4.70. The number of hydrogen-bond acceptors (Lipinski definition) is 4. The average Bonchev–Trinajstić information content (AvgIpc) is 2.76. The Balaban J connectivity index is 2.12. The minimum Gasteiger partial charge on any atom is -0.383 e. The van der Waals surface area contributed by atoms with E-state index in [9.17, 15) is 0 Å². The highest BCUT2D eigenvalue weighted by Gasteiger charge is 2.09. The van der Waals surface area contributed by atoms with Crippen molar-refractivity contribution in [1.82, 2.24) is 15.1 Å². The minimum absolute atomic E-state index is 0.720. The molecule has 21 heavy (non-hydrogen) atoms. The largest absolute Gasteiger partial charge is 0.383 e. The first kappa shape index (κ1) is 16.5. The highest BCUT2D eigenvalue weighted by atomic mass is 79.9. The Morgan fingerprint density at radius 2 is 2.19 bits per heavy atom. The highest BCUT2D eigenvalue weighted by Crippen LogP contribution is 2.32. The summed E-state index contributed by atoms with van der Waals surface area (Å²) in [5.41, 5.74) is 2.31. The van der Waals surface area contributed by atoms with E-state index in [1.807, 2.05) is 18.7 Å². The lowest BCUT2D eigenvalue weighted by Crippen LogP contribution is -2.18. The van der Waals surface area contributed by atoms with Crippen molar-refractivity contribution >= 4 is 27.7 Å². The number of ether oxygens (including phenoxy) is 1. The van der Waals surface area contributed by atoms with Gasteiger partial charge in [-0.15, -0.1) is 0 Å². The molecule has 0 aliphatic heterocycles. The summed E-state index contributed by atoms with van der Waals surface area (Å²) in [5, 5.41) is 8.94.